The predicted octanol–water partition coefficient (Wildman–Crippen LogP) is 3.51. The molecule has 6 heteroatoms. The summed E-state index contributed by atoms with van der Waals surface area (Å²) in [4.78, 5) is 20.1. The molecular formula is C19H16ClN3O2. The van der Waals surface area contributed by atoms with E-state index in [1.807, 2.05) is 24.3 Å². The average molecular weight is 354 g/mol. The molecule has 1 amide bonds. The number of fused-ring (bicyclic) bond motifs is 1. The normalized spacial score (nSPS) is 16.8. The van der Waals surface area contributed by atoms with Crippen LogP contribution in [-0.2, 0) is 6.42 Å². The van der Waals surface area contributed by atoms with Gasteiger partial charge in [-0.2, -0.15) is 0 Å². The molecule has 1 aliphatic heterocycles. The van der Waals surface area contributed by atoms with Crippen molar-refractivity contribution in [2.45, 2.75) is 12.3 Å². The van der Waals surface area contributed by atoms with Gasteiger partial charge in [-0.15, -0.1) is 0 Å². The summed E-state index contributed by atoms with van der Waals surface area (Å²) in [5, 5.41) is 13.1. The quantitative estimate of drug-likeness (QED) is 0.659. The third-order valence-corrected chi connectivity index (χ3v) is 4.69. The van der Waals surface area contributed by atoms with Gasteiger partial charge in [-0.05, 0) is 48.4 Å². The van der Waals surface area contributed by atoms with Crippen LogP contribution < -0.4 is 5.32 Å². The number of aromatic amines is 1. The molecule has 4 rings (SSSR count). The lowest BCUT2D eigenvalue weighted by molar-refractivity contribution is 0.0950. The molecule has 0 spiro atoms. The lowest BCUT2D eigenvalue weighted by atomic mass is 9.94. The maximum atomic E-state index is 12.4. The van der Waals surface area contributed by atoms with E-state index >= 15 is 0 Å². The molecule has 1 aliphatic rings. The Morgan fingerprint density at radius 3 is 2.52 bits per heavy atom. The summed E-state index contributed by atoms with van der Waals surface area (Å²) in [7, 11) is 0. The zero-order valence-corrected chi connectivity index (χ0v) is 14.0. The van der Waals surface area contributed by atoms with Gasteiger partial charge in [0.2, 0.25) is 0 Å². The molecule has 1 aromatic heterocycles. The van der Waals surface area contributed by atoms with Crippen LogP contribution in [0.2, 0.25) is 5.02 Å². The number of nitrogens with one attached hydrogen (secondary N) is 2. The van der Waals surface area contributed by atoms with E-state index in [-0.39, 0.29) is 17.6 Å². The summed E-state index contributed by atoms with van der Waals surface area (Å²) in [5.41, 5.74) is 3.19. The SMILES string of the molecule is O=C1NC[C@H](c2ccc(Cl)cc2)Cc2[nH]c(-c3ccc(O)cc3)nc21. The van der Waals surface area contributed by atoms with Crippen LogP contribution in [0, 0.1) is 0 Å². The van der Waals surface area contributed by atoms with E-state index in [4.69, 9.17) is 11.6 Å². The first-order valence-electron chi connectivity index (χ1n) is 8.02. The second kappa shape index (κ2) is 6.26. The van der Waals surface area contributed by atoms with Gasteiger partial charge < -0.3 is 15.4 Å². The number of aromatic nitrogens is 2. The zero-order valence-electron chi connectivity index (χ0n) is 13.3. The van der Waals surface area contributed by atoms with Crippen LogP contribution in [0.1, 0.15) is 27.7 Å². The number of rotatable bonds is 2. The van der Waals surface area contributed by atoms with Crippen molar-refractivity contribution in [1.29, 1.82) is 0 Å². The van der Waals surface area contributed by atoms with Crippen LogP contribution in [0.5, 0.6) is 5.75 Å². The van der Waals surface area contributed by atoms with Crippen LogP contribution in [0.25, 0.3) is 11.4 Å². The van der Waals surface area contributed by atoms with E-state index in [1.165, 1.54) is 0 Å². The van der Waals surface area contributed by atoms with Crippen molar-refractivity contribution >= 4 is 17.5 Å². The largest absolute Gasteiger partial charge is 0.508 e. The smallest absolute Gasteiger partial charge is 0.271 e. The maximum Gasteiger partial charge on any atom is 0.271 e. The molecule has 0 saturated heterocycles. The average Bonchev–Trinajstić information content (AvgIpc) is 2.97. The molecule has 0 bridgehead atoms. The van der Waals surface area contributed by atoms with Crippen molar-refractivity contribution in [3.8, 4) is 17.1 Å². The van der Waals surface area contributed by atoms with Gasteiger partial charge in [-0.1, -0.05) is 23.7 Å². The van der Waals surface area contributed by atoms with Crippen LogP contribution in [0.3, 0.4) is 0 Å². The molecule has 0 aliphatic carbocycles. The number of nitrogens with zero attached hydrogens (tertiary/aromatic N) is 1. The second-order valence-corrected chi connectivity index (χ2v) is 6.56. The van der Waals surface area contributed by atoms with Gasteiger partial charge >= 0.3 is 0 Å². The minimum absolute atomic E-state index is 0.149. The third kappa shape index (κ3) is 3.10. The van der Waals surface area contributed by atoms with Crippen molar-refractivity contribution in [2.75, 3.05) is 6.54 Å². The van der Waals surface area contributed by atoms with E-state index in [0.29, 0.717) is 29.5 Å². The molecule has 1 atom stereocenters. The highest BCUT2D eigenvalue weighted by molar-refractivity contribution is 6.30. The zero-order chi connectivity index (χ0) is 17.4. The maximum absolute atomic E-state index is 12.4. The van der Waals surface area contributed by atoms with Gasteiger partial charge in [0.05, 0.1) is 0 Å². The van der Waals surface area contributed by atoms with Crippen molar-refractivity contribution in [1.82, 2.24) is 15.3 Å². The van der Waals surface area contributed by atoms with E-state index in [2.05, 4.69) is 15.3 Å². The molecule has 2 heterocycles. The lowest BCUT2D eigenvalue weighted by Crippen LogP contribution is -2.26. The first-order valence-corrected chi connectivity index (χ1v) is 8.40. The van der Waals surface area contributed by atoms with Crippen LogP contribution in [-0.4, -0.2) is 27.5 Å². The fourth-order valence-electron chi connectivity index (χ4n) is 3.09. The fourth-order valence-corrected chi connectivity index (χ4v) is 3.22. The van der Waals surface area contributed by atoms with Gasteiger partial charge in [-0.25, -0.2) is 4.98 Å². The summed E-state index contributed by atoms with van der Waals surface area (Å²) in [6, 6.07) is 14.4. The summed E-state index contributed by atoms with van der Waals surface area (Å²) >= 11 is 5.97. The van der Waals surface area contributed by atoms with Gasteiger partial charge in [-0.3, -0.25) is 4.79 Å². The number of phenolic OH excluding ortho intramolecular Hbond substituents is 1. The van der Waals surface area contributed by atoms with Crippen LogP contribution >= 0.6 is 11.6 Å². The number of imidazole rings is 1. The minimum atomic E-state index is -0.173. The van der Waals surface area contributed by atoms with E-state index in [9.17, 15) is 9.90 Å². The highest BCUT2D eigenvalue weighted by Gasteiger charge is 2.26. The number of carbonyl (C=O) groups is 1. The monoisotopic (exact) mass is 353 g/mol. The Kier molecular flexibility index (Phi) is 3.93. The molecular weight excluding hydrogens is 338 g/mol. The van der Waals surface area contributed by atoms with Gasteiger partial charge in [0.15, 0.2) is 0 Å². The summed E-state index contributed by atoms with van der Waals surface area (Å²) < 4.78 is 0. The first kappa shape index (κ1) is 15.7. The van der Waals surface area contributed by atoms with E-state index in [1.54, 1.807) is 24.3 Å². The van der Waals surface area contributed by atoms with Crippen molar-refractivity contribution < 1.29 is 9.90 Å². The number of phenols is 1. The molecule has 0 radical (unpaired) electrons. The number of benzene rings is 2. The molecule has 3 aromatic rings. The minimum Gasteiger partial charge on any atom is -0.508 e. The molecule has 0 unspecified atom stereocenters. The van der Waals surface area contributed by atoms with Gasteiger partial charge in [0, 0.05) is 28.7 Å². The molecule has 5 nitrogen and oxygen atoms in total. The Hall–Kier alpha value is -2.79. The molecule has 0 fully saturated rings. The standard InChI is InChI=1S/C19H16ClN3O2/c20-14-5-1-11(2-6-14)13-9-16-17(19(25)21-10-13)23-18(22-16)12-3-7-15(24)8-4-12/h1-8,13,24H,9-10H2,(H,21,25)(H,22,23)/t13-/m1/s1. The number of hydrogen-bond donors (Lipinski definition) is 3. The van der Waals surface area contributed by atoms with Crippen molar-refractivity contribution in [3.05, 3.63) is 70.5 Å². The number of amides is 1. The number of carbonyl (C=O) groups excluding carboxylic acids is 1. The predicted molar refractivity (Wildman–Crippen MR) is 95.9 cm³/mol. The Morgan fingerprint density at radius 2 is 1.80 bits per heavy atom. The number of halogens is 1. The highest BCUT2D eigenvalue weighted by atomic mass is 35.5. The third-order valence-electron chi connectivity index (χ3n) is 4.44. The number of hydrogen-bond acceptors (Lipinski definition) is 3. The van der Waals surface area contributed by atoms with Crippen LogP contribution in [0.4, 0.5) is 0 Å². The summed E-state index contributed by atoms with van der Waals surface area (Å²) in [6.07, 6.45) is 0.681. The van der Waals surface area contributed by atoms with E-state index in [0.717, 1.165) is 16.8 Å². The van der Waals surface area contributed by atoms with Gasteiger partial charge in [0.1, 0.15) is 17.3 Å². The molecule has 126 valence electrons. The Labute approximate surface area is 149 Å². The first-order chi connectivity index (χ1) is 12.1. The molecule has 0 saturated carbocycles. The number of H-pyrrole nitrogens is 1. The highest BCUT2D eigenvalue weighted by Crippen LogP contribution is 2.28. The Morgan fingerprint density at radius 1 is 1.08 bits per heavy atom. The lowest BCUT2D eigenvalue weighted by Gasteiger charge is -2.14. The van der Waals surface area contributed by atoms with Gasteiger partial charge in [0.25, 0.3) is 5.91 Å². The van der Waals surface area contributed by atoms with Crippen molar-refractivity contribution in [2.24, 2.45) is 0 Å². The van der Waals surface area contributed by atoms with Crippen molar-refractivity contribution in [3.63, 3.8) is 0 Å². The summed E-state index contributed by atoms with van der Waals surface area (Å²) in [6.45, 7) is 0.555. The molecule has 2 aromatic carbocycles. The molecule has 3 N–H and O–H groups in total. The fraction of sp³-hybridized carbons (Fsp3) is 0.158. The Bertz CT molecular complexity index is 917. The molecule has 25 heavy (non-hydrogen) atoms. The van der Waals surface area contributed by atoms with E-state index < -0.39 is 0 Å². The second-order valence-electron chi connectivity index (χ2n) is 6.12. The number of aromatic hydroxyl groups is 1. The summed E-state index contributed by atoms with van der Waals surface area (Å²) in [5.74, 6) is 0.789. The van der Waals surface area contributed by atoms with Crippen LogP contribution in [0.15, 0.2) is 48.5 Å². The topological polar surface area (TPSA) is 78.0 Å². The Balaban J connectivity index is 1.68.